The van der Waals surface area contributed by atoms with E-state index in [-0.39, 0.29) is 0 Å². The molecule has 0 saturated carbocycles. The minimum Gasteiger partial charge on any atom is -0.310 e. The Morgan fingerprint density at radius 3 is 2.25 bits per heavy atom. The fourth-order valence-electron chi connectivity index (χ4n) is 1.52. The first-order valence-electron chi connectivity index (χ1n) is 3.29. The van der Waals surface area contributed by atoms with Crippen molar-refractivity contribution in [2.24, 2.45) is 0 Å². The van der Waals surface area contributed by atoms with Crippen molar-refractivity contribution in [3.8, 4) is 0 Å². The van der Waals surface area contributed by atoms with Gasteiger partial charge in [-0.05, 0) is 12.8 Å². The van der Waals surface area contributed by atoms with Gasteiger partial charge in [0.2, 0.25) is 0 Å². The Labute approximate surface area is 54.2 Å². The van der Waals surface area contributed by atoms with Gasteiger partial charge in [-0.25, -0.2) is 0 Å². The highest BCUT2D eigenvalue weighted by atomic mass is 32.2. The molecule has 2 atom stereocenters. The molecule has 0 radical (unpaired) electrons. The van der Waals surface area contributed by atoms with Crippen LogP contribution in [0.5, 0.6) is 0 Å². The molecule has 2 bridgehead atoms. The summed E-state index contributed by atoms with van der Waals surface area (Å²) in [5, 5.41) is 3.57. The number of nitrogens with one attached hydrogen (secondary N) is 1. The van der Waals surface area contributed by atoms with E-state index in [0.717, 1.165) is 12.1 Å². The molecule has 0 unspecified atom stereocenters. The third-order valence-electron chi connectivity index (χ3n) is 1.97. The molecule has 0 aromatic rings. The van der Waals surface area contributed by atoms with Gasteiger partial charge < -0.3 is 5.32 Å². The summed E-state index contributed by atoms with van der Waals surface area (Å²) in [6.07, 6.45) is 2.86. The molecule has 0 aliphatic carbocycles. The zero-order valence-electron chi connectivity index (χ0n) is 4.89. The SMILES string of the molecule is C1C[C@H]2CSC[C@H]1N2. The van der Waals surface area contributed by atoms with Gasteiger partial charge >= 0.3 is 0 Å². The molecular formula is C6H11NS. The molecule has 2 aliphatic rings. The van der Waals surface area contributed by atoms with E-state index >= 15 is 0 Å². The summed E-state index contributed by atoms with van der Waals surface area (Å²) < 4.78 is 0. The van der Waals surface area contributed by atoms with Crippen molar-refractivity contribution >= 4 is 11.8 Å². The van der Waals surface area contributed by atoms with Crippen LogP contribution in [0, 0.1) is 0 Å². The highest BCUT2D eigenvalue weighted by Crippen LogP contribution is 2.24. The van der Waals surface area contributed by atoms with E-state index in [1.807, 2.05) is 0 Å². The largest absolute Gasteiger partial charge is 0.310 e. The molecular weight excluding hydrogens is 118 g/mol. The molecule has 1 nitrogen and oxygen atoms in total. The van der Waals surface area contributed by atoms with Crippen LogP contribution >= 0.6 is 11.8 Å². The van der Waals surface area contributed by atoms with Crippen molar-refractivity contribution < 1.29 is 0 Å². The lowest BCUT2D eigenvalue weighted by molar-refractivity contribution is 0.592. The molecule has 2 saturated heterocycles. The predicted octanol–water partition coefficient (Wildman–Crippen LogP) is 0.854. The standard InChI is InChI=1S/C6H11NS/c1-2-6-4-8-3-5(1)7-6/h5-7H,1-4H2/t5-,6-/m0/s1. The van der Waals surface area contributed by atoms with Gasteiger partial charge in [-0.1, -0.05) is 0 Å². The average Bonchev–Trinajstić information content (AvgIpc) is 2.12. The molecule has 8 heavy (non-hydrogen) atoms. The van der Waals surface area contributed by atoms with Crippen molar-refractivity contribution in [1.82, 2.24) is 5.32 Å². The van der Waals surface area contributed by atoms with E-state index < -0.39 is 0 Å². The summed E-state index contributed by atoms with van der Waals surface area (Å²) >= 11 is 2.11. The Morgan fingerprint density at radius 2 is 1.75 bits per heavy atom. The van der Waals surface area contributed by atoms with Gasteiger partial charge in [0.05, 0.1) is 0 Å². The first kappa shape index (κ1) is 5.12. The van der Waals surface area contributed by atoms with E-state index in [4.69, 9.17) is 0 Å². The minimum atomic E-state index is 0.874. The maximum atomic E-state index is 3.57. The highest BCUT2D eigenvalue weighted by molar-refractivity contribution is 7.99. The summed E-state index contributed by atoms with van der Waals surface area (Å²) in [4.78, 5) is 0. The third kappa shape index (κ3) is 0.759. The molecule has 2 fully saturated rings. The Morgan fingerprint density at radius 1 is 1.12 bits per heavy atom. The van der Waals surface area contributed by atoms with Gasteiger partial charge in [-0.15, -0.1) is 0 Å². The smallest absolute Gasteiger partial charge is 0.0161 e. The molecule has 0 amide bonds. The van der Waals surface area contributed by atoms with E-state index in [2.05, 4.69) is 17.1 Å². The maximum absolute atomic E-state index is 3.57. The summed E-state index contributed by atoms with van der Waals surface area (Å²) in [6.45, 7) is 0. The Hall–Kier alpha value is 0.310. The first-order chi connectivity index (χ1) is 3.95. The molecule has 0 spiro atoms. The Bertz CT molecular complexity index is 80.5. The van der Waals surface area contributed by atoms with Crippen LogP contribution in [0.3, 0.4) is 0 Å². The summed E-state index contributed by atoms with van der Waals surface area (Å²) in [5.74, 6) is 2.72. The van der Waals surface area contributed by atoms with Crippen LogP contribution in [-0.2, 0) is 0 Å². The molecule has 0 aromatic carbocycles. The number of rotatable bonds is 0. The van der Waals surface area contributed by atoms with E-state index in [9.17, 15) is 0 Å². The third-order valence-corrected chi connectivity index (χ3v) is 3.25. The second-order valence-corrected chi connectivity index (χ2v) is 3.75. The fraction of sp³-hybridized carbons (Fsp3) is 1.00. The minimum absolute atomic E-state index is 0.874. The molecule has 1 N–H and O–H groups in total. The van der Waals surface area contributed by atoms with Crippen molar-refractivity contribution in [2.45, 2.75) is 24.9 Å². The Balaban J connectivity index is 2.03. The van der Waals surface area contributed by atoms with Crippen LogP contribution in [0.2, 0.25) is 0 Å². The lowest BCUT2D eigenvalue weighted by Gasteiger charge is -2.19. The number of hydrogen-bond donors (Lipinski definition) is 1. The predicted molar refractivity (Wildman–Crippen MR) is 37.3 cm³/mol. The number of fused-ring (bicyclic) bond motifs is 2. The number of hydrogen-bond acceptors (Lipinski definition) is 2. The van der Waals surface area contributed by atoms with Crippen LogP contribution in [0.1, 0.15) is 12.8 Å². The van der Waals surface area contributed by atoms with Crippen LogP contribution in [0.25, 0.3) is 0 Å². The quantitative estimate of drug-likeness (QED) is 0.520. The first-order valence-corrected chi connectivity index (χ1v) is 4.44. The van der Waals surface area contributed by atoms with Gasteiger partial charge in [0.1, 0.15) is 0 Å². The second-order valence-electron chi connectivity index (χ2n) is 2.68. The van der Waals surface area contributed by atoms with Gasteiger partial charge in [0.25, 0.3) is 0 Å². The fourth-order valence-corrected chi connectivity index (χ4v) is 2.75. The van der Waals surface area contributed by atoms with E-state index in [1.165, 1.54) is 24.3 Å². The van der Waals surface area contributed by atoms with E-state index in [1.54, 1.807) is 0 Å². The topological polar surface area (TPSA) is 12.0 Å². The van der Waals surface area contributed by atoms with Gasteiger partial charge in [-0.2, -0.15) is 11.8 Å². The van der Waals surface area contributed by atoms with Gasteiger partial charge in [0.15, 0.2) is 0 Å². The normalized spacial score (nSPS) is 45.0. The zero-order chi connectivity index (χ0) is 5.40. The van der Waals surface area contributed by atoms with E-state index in [0.29, 0.717) is 0 Å². The summed E-state index contributed by atoms with van der Waals surface area (Å²) in [5.41, 5.74) is 0. The zero-order valence-corrected chi connectivity index (χ0v) is 5.71. The van der Waals surface area contributed by atoms with Crippen LogP contribution in [0.15, 0.2) is 0 Å². The lowest BCUT2D eigenvalue weighted by Crippen LogP contribution is -2.36. The van der Waals surface area contributed by atoms with Crippen LogP contribution < -0.4 is 5.32 Å². The molecule has 0 aromatic heterocycles. The molecule has 2 aliphatic heterocycles. The Kier molecular flexibility index (Phi) is 1.23. The molecule has 2 rings (SSSR count). The molecule has 2 heterocycles. The van der Waals surface area contributed by atoms with Gasteiger partial charge in [-0.3, -0.25) is 0 Å². The maximum Gasteiger partial charge on any atom is 0.0161 e. The molecule has 2 heteroatoms. The lowest BCUT2D eigenvalue weighted by atomic mass is 10.2. The average molecular weight is 129 g/mol. The summed E-state index contributed by atoms with van der Waals surface area (Å²) in [7, 11) is 0. The molecule has 46 valence electrons. The van der Waals surface area contributed by atoms with Crippen LogP contribution in [-0.4, -0.2) is 23.6 Å². The van der Waals surface area contributed by atoms with Crippen molar-refractivity contribution in [1.29, 1.82) is 0 Å². The van der Waals surface area contributed by atoms with Crippen molar-refractivity contribution in [2.75, 3.05) is 11.5 Å². The second kappa shape index (κ2) is 1.92. The summed E-state index contributed by atoms with van der Waals surface area (Å²) in [6, 6.07) is 1.75. The van der Waals surface area contributed by atoms with Crippen LogP contribution in [0.4, 0.5) is 0 Å². The monoisotopic (exact) mass is 129 g/mol. The number of thioether (sulfide) groups is 1. The van der Waals surface area contributed by atoms with Crippen molar-refractivity contribution in [3.63, 3.8) is 0 Å². The highest BCUT2D eigenvalue weighted by Gasteiger charge is 2.27. The van der Waals surface area contributed by atoms with Crippen molar-refractivity contribution in [3.05, 3.63) is 0 Å². The van der Waals surface area contributed by atoms with Gasteiger partial charge in [0, 0.05) is 23.6 Å².